The molecule has 0 saturated heterocycles. The molecule has 4 nitrogen and oxygen atoms in total. The molecule has 8 heteroatoms. The number of aromatic nitrogens is 1. The van der Waals surface area contributed by atoms with E-state index in [2.05, 4.69) is 38.2 Å². The summed E-state index contributed by atoms with van der Waals surface area (Å²) in [4.78, 5) is 6.24. The smallest absolute Gasteiger partial charge is 0.153 e. The van der Waals surface area contributed by atoms with Gasteiger partial charge in [0.15, 0.2) is 4.34 Å². The van der Waals surface area contributed by atoms with Crippen LogP contribution in [0.5, 0.6) is 5.75 Å². The first-order valence-electron chi connectivity index (χ1n) is 12.5. The molecular formula is C29H30ClN3OS3. The lowest BCUT2D eigenvalue weighted by Crippen LogP contribution is -2.26. The summed E-state index contributed by atoms with van der Waals surface area (Å²) in [6, 6.07) is 16.5. The average Bonchev–Trinajstić information content (AvgIpc) is 3.42. The van der Waals surface area contributed by atoms with Gasteiger partial charge >= 0.3 is 0 Å². The number of hydrogen-bond acceptors (Lipinski definition) is 7. The van der Waals surface area contributed by atoms with Crippen LogP contribution in [-0.4, -0.2) is 11.6 Å². The number of thioether (sulfide) groups is 1. The molecule has 0 aliphatic heterocycles. The number of anilines is 1. The second kappa shape index (κ2) is 10.9. The van der Waals surface area contributed by atoms with Crippen LogP contribution in [0.3, 0.4) is 0 Å². The Hall–Kier alpha value is -2.24. The van der Waals surface area contributed by atoms with Gasteiger partial charge in [-0.1, -0.05) is 56.3 Å². The van der Waals surface area contributed by atoms with E-state index in [0.717, 1.165) is 55.7 Å². The Morgan fingerprint density at radius 2 is 2.00 bits per heavy atom. The molecule has 0 fully saturated rings. The van der Waals surface area contributed by atoms with Crippen molar-refractivity contribution in [2.24, 2.45) is 11.3 Å². The lowest BCUT2D eigenvalue weighted by atomic mass is 9.72. The molecule has 5 rings (SSSR count). The third-order valence-electron chi connectivity index (χ3n) is 6.91. The van der Waals surface area contributed by atoms with Crippen LogP contribution in [0.25, 0.3) is 10.2 Å². The highest BCUT2D eigenvalue weighted by molar-refractivity contribution is 8.01. The maximum absolute atomic E-state index is 10.1. The van der Waals surface area contributed by atoms with Crippen molar-refractivity contribution in [2.45, 2.75) is 56.7 Å². The van der Waals surface area contributed by atoms with E-state index >= 15 is 0 Å². The van der Waals surface area contributed by atoms with Crippen molar-refractivity contribution in [2.75, 3.05) is 11.9 Å². The average molecular weight is 568 g/mol. The second-order valence-corrected chi connectivity index (χ2v) is 14.3. The number of hydrogen-bond donors (Lipinski definition) is 1. The van der Waals surface area contributed by atoms with Crippen LogP contribution >= 0.6 is 46.0 Å². The quantitative estimate of drug-likeness (QED) is 0.178. The first kappa shape index (κ1) is 26.4. The third kappa shape index (κ3) is 5.78. The van der Waals surface area contributed by atoms with Gasteiger partial charge < -0.3 is 10.1 Å². The van der Waals surface area contributed by atoms with Crippen molar-refractivity contribution >= 4 is 61.3 Å². The van der Waals surface area contributed by atoms with Gasteiger partial charge in [-0.15, -0.1) is 22.7 Å². The zero-order valence-electron chi connectivity index (χ0n) is 21.4. The lowest BCUT2D eigenvalue weighted by Gasteiger charge is -2.33. The van der Waals surface area contributed by atoms with E-state index < -0.39 is 0 Å². The van der Waals surface area contributed by atoms with E-state index in [1.165, 1.54) is 10.4 Å². The van der Waals surface area contributed by atoms with E-state index in [9.17, 15) is 5.26 Å². The van der Waals surface area contributed by atoms with Crippen LogP contribution in [0.1, 0.15) is 61.1 Å². The number of nitrogens with one attached hydrogen (secondary N) is 1. The normalized spacial score (nSPS) is 16.3. The van der Waals surface area contributed by atoms with Gasteiger partial charge in [-0.05, 0) is 79.0 Å². The van der Waals surface area contributed by atoms with E-state index in [-0.39, 0.29) is 10.8 Å². The molecule has 1 aliphatic rings. The van der Waals surface area contributed by atoms with Crippen LogP contribution in [-0.2, 0) is 12.8 Å². The summed E-state index contributed by atoms with van der Waals surface area (Å²) >= 11 is 11.3. The van der Waals surface area contributed by atoms with E-state index in [4.69, 9.17) is 21.3 Å². The number of thiophene rings is 1. The Bertz CT molecular complexity index is 1450. The predicted octanol–water partition coefficient (Wildman–Crippen LogP) is 9.34. The molecule has 0 unspecified atom stereocenters. The zero-order valence-corrected chi connectivity index (χ0v) is 24.6. The van der Waals surface area contributed by atoms with Crippen molar-refractivity contribution in [1.29, 1.82) is 5.26 Å². The van der Waals surface area contributed by atoms with Crippen LogP contribution in [0.15, 0.2) is 46.8 Å². The summed E-state index contributed by atoms with van der Waals surface area (Å²) in [5, 5.41) is 15.4. The molecule has 1 N–H and O–H groups in total. The molecule has 0 saturated carbocycles. The monoisotopic (exact) mass is 567 g/mol. The first-order valence-corrected chi connectivity index (χ1v) is 15.4. The molecule has 2 heterocycles. The summed E-state index contributed by atoms with van der Waals surface area (Å²) in [7, 11) is 0. The lowest BCUT2D eigenvalue weighted by molar-refractivity contribution is 0.218. The van der Waals surface area contributed by atoms with Crippen LogP contribution in [0.4, 0.5) is 5.00 Å². The molecule has 2 aromatic heterocycles. The van der Waals surface area contributed by atoms with Gasteiger partial charge in [0, 0.05) is 9.90 Å². The van der Waals surface area contributed by atoms with Gasteiger partial charge in [-0.25, -0.2) is 4.98 Å². The fourth-order valence-corrected chi connectivity index (χ4v) is 8.58. The molecule has 37 heavy (non-hydrogen) atoms. The van der Waals surface area contributed by atoms with Gasteiger partial charge in [0.25, 0.3) is 0 Å². The molecule has 0 bridgehead atoms. The summed E-state index contributed by atoms with van der Waals surface area (Å²) in [6.07, 6.45) is 3.14. The molecule has 2 aromatic carbocycles. The van der Waals surface area contributed by atoms with Crippen LogP contribution in [0.2, 0.25) is 5.02 Å². The maximum Gasteiger partial charge on any atom is 0.153 e. The van der Waals surface area contributed by atoms with Gasteiger partial charge in [0.05, 0.1) is 22.4 Å². The fraction of sp³-hybridized carbons (Fsp3) is 0.379. The number of ether oxygens (including phenoxy) is 1. The summed E-state index contributed by atoms with van der Waals surface area (Å²) in [6.45, 7) is 9.59. The second-order valence-electron chi connectivity index (χ2n) is 10.4. The van der Waals surface area contributed by atoms with Gasteiger partial charge in [-0.3, -0.25) is 0 Å². The summed E-state index contributed by atoms with van der Waals surface area (Å²) in [5.74, 6) is 1.49. The number of halogens is 1. The van der Waals surface area contributed by atoms with Crippen molar-refractivity contribution < 1.29 is 4.74 Å². The van der Waals surface area contributed by atoms with Gasteiger partial charge in [-0.2, -0.15) is 5.26 Å². The highest BCUT2D eigenvalue weighted by atomic mass is 35.5. The zero-order chi connectivity index (χ0) is 26.2. The maximum atomic E-state index is 10.1. The Morgan fingerprint density at radius 1 is 1.22 bits per heavy atom. The Balaban J connectivity index is 1.47. The van der Waals surface area contributed by atoms with Crippen molar-refractivity contribution in [3.8, 4) is 11.8 Å². The molecule has 0 amide bonds. The number of fused-ring (bicyclic) bond motifs is 2. The summed E-state index contributed by atoms with van der Waals surface area (Å²) in [5.41, 5.74) is 4.35. The molecule has 2 atom stereocenters. The molecule has 0 spiro atoms. The van der Waals surface area contributed by atoms with E-state index in [1.807, 2.05) is 43.3 Å². The third-order valence-corrected chi connectivity index (χ3v) is 10.6. The number of rotatable bonds is 7. The molecule has 192 valence electrons. The number of nitrogens with zero attached hydrogens (tertiary/aromatic N) is 2. The highest BCUT2D eigenvalue weighted by Gasteiger charge is 2.32. The minimum Gasteiger partial charge on any atom is -0.494 e. The topological polar surface area (TPSA) is 57.9 Å². The van der Waals surface area contributed by atoms with Gasteiger partial charge in [0.2, 0.25) is 0 Å². The molecule has 4 aromatic rings. The van der Waals surface area contributed by atoms with Crippen molar-refractivity contribution in [1.82, 2.24) is 4.98 Å². The Morgan fingerprint density at radius 3 is 2.70 bits per heavy atom. The fourth-order valence-electron chi connectivity index (χ4n) is 4.77. The minimum atomic E-state index is -0.116. The number of nitriles is 1. The van der Waals surface area contributed by atoms with E-state index in [0.29, 0.717) is 17.5 Å². The Kier molecular flexibility index (Phi) is 7.74. The van der Waals surface area contributed by atoms with Gasteiger partial charge in [0.1, 0.15) is 22.2 Å². The van der Waals surface area contributed by atoms with Crippen molar-refractivity contribution in [3.05, 3.63) is 69.1 Å². The van der Waals surface area contributed by atoms with Crippen LogP contribution < -0.4 is 10.1 Å². The Labute approximate surface area is 236 Å². The molecular weight excluding hydrogens is 538 g/mol. The van der Waals surface area contributed by atoms with Crippen LogP contribution in [0, 0.1) is 22.7 Å². The molecule has 0 radical (unpaired) electrons. The first-order chi connectivity index (χ1) is 17.7. The standard InChI is InChI=1S/C29H30ClN3OS3/c1-5-34-20-11-13-23-25(15-20)36-28(32-23)37-26(17-6-9-19(30)10-7-17)33-27-22(16-31)21-12-8-18(29(2,3)4)14-24(21)35-27/h6-7,9-11,13,15,18,26,33H,5,8,12,14H2,1-4H3/t18-,26-/m1/s1. The predicted molar refractivity (Wildman–Crippen MR) is 158 cm³/mol. The number of benzene rings is 2. The largest absolute Gasteiger partial charge is 0.494 e. The summed E-state index contributed by atoms with van der Waals surface area (Å²) < 4.78 is 7.74. The van der Waals surface area contributed by atoms with E-state index in [1.54, 1.807) is 34.4 Å². The van der Waals surface area contributed by atoms with Crippen molar-refractivity contribution in [3.63, 3.8) is 0 Å². The highest BCUT2D eigenvalue weighted by Crippen LogP contribution is 2.47. The SMILES string of the molecule is CCOc1ccc2nc(S[C@@H](Nc3sc4c(c3C#N)CC[C@@H](C(C)(C)C)C4)c3ccc(Cl)cc3)sc2c1. The molecule has 1 aliphatic carbocycles. The minimum absolute atomic E-state index is 0.116. The number of thiazole rings is 1.